The van der Waals surface area contributed by atoms with Gasteiger partial charge in [0.15, 0.2) is 0 Å². The van der Waals surface area contributed by atoms with Gasteiger partial charge in [-0.3, -0.25) is 0 Å². The Morgan fingerprint density at radius 2 is 2.20 bits per heavy atom. The van der Waals surface area contributed by atoms with Crippen LogP contribution >= 0.6 is 11.8 Å². The second-order valence-electron chi connectivity index (χ2n) is 4.23. The molecule has 0 saturated heterocycles. The molecular weight excluding hydrogens is 206 g/mol. The fourth-order valence-electron chi connectivity index (χ4n) is 1.73. The molecule has 0 unspecified atom stereocenters. The van der Waals surface area contributed by atoms with E-state index in [2.05, 4.69) is 18.4 Å². The highest BCUT2D eigenvalue weighted by molar-refractivity contribution is 7.98. The van der Waals surface area contributed by atoms with Crippen LogP contribution in [-0.2, 0) is 6.42 Å². The zero-order chi connectivity index (χ0) is 10.9. The maximum absolute atomic E-state index is 6.10. The Balaban J connectivity index is 2.18. The van der Waals surface area contributed by atoms with E-state index in [-0.39, 0.29) is 5.54 Å². The van der Waals surface area contributed by atoms with E-state index < -0.39 is 0 Å². The highest BCUT2D eigenvalue weighted by atomic mass is 32.2. The summed E-state index contributed by atoms with van der Waals surface area (Å²) in [6.07, 6.45) is 5.38. The van der Waals surface area contributed by atoms with Gasteiger partial charge in [0.1, 0.15) is 5.75 Å². The van der Waals surface area contributed by atoms with Crippen molar-refractivity contribution in [1.82, 2.24) is 0 Å². The maximum Gasteiger partial charge on any atom is 0.132 e. The minimum Gasteiger partial charge on any atom is -0.496 e. The molecule has 0 spiro atoms. The van der Waals surface area contributed by atoms with Crippen LogP contribution in [0.3, 0.4) is 0 Å². The third-order valence-electron chi connectivity index (χ3n) is 2.90. The van der Waals surface area contributed by atoms with E-state index in [9.17, 15) is 0 Å². The molecule has 1 aromatic rings. The zero-order valence-corrected chi connectivity index (χ0v) is 10.1. The first-order valence-corrected chi connectivity index (χ1v) is 6.39. The van der Waals surface area contributed by atoms with Crippen molar-refractivity contribution in [3.8, 4) is 5.75 Å². The molecule has 2 rings (SSSR count). The molecule has 0 bridgehead atoms. The third kappa shape index (κ3) is 2.47. The number of methoxy groups -OCH3 is 1. The van der Waals surface area contributed by atoms with Gasteiger partial charge in [0.25, 0.3) is 0 Å². The fraction of sp³-hybridized carbons (Fsp3) is 0.500. The van der Waals surface area contributed by atoms with Crippen LogP contribution in [0.1, 0.15) is 18.4 Å². The summed E-state index contributed by atoms with van der Waals surface area (Å²) in [5.41, 5.74) is 7.51. The zero-order valence-electron chi connectivity index (χ0n) is 9.25. The van der Waals surface area contributed by atoms with Crippen molar-refractivity contribution in [3.63, 3.8) is 0 Å². The number of hydrogen-bond donors (Lipinski definition) is 1. The SMILES string of the molecule is COc1ccc(CC2(N)CC2)cc1SC. The summed E-state index contributed by atoms with van der Waals surface area (Å²) < 4.78 is 5.28. The Bertz CT molecular complexity index is 361. The van der Waals surface area contributed by atoms with Crippen LogP contribution in [0.2, 0.25) is 0 Å². The van der Waals surface area contributed by atoms with Crippen LogP contribution in [0.4, 0.5) is 0 Å². The highest BCUT2D eigenvalue weighted by Crippen LogP contribution is 2.37. The van der Waals surface area contributed by atoms with Crippen LogP contribution in [-0.4, -0.2) is 18.9 Å². The number of rotatable bonds is 4. The van der Waals surface area contributed by atoms with E-state index >= 15 is 0 Å². The average molecular weight is 223 g/mol. The molecule has 1 aliphatic rings. The molecule has 1 aliphatic carbocycles. The Kier molecular flexibility index (Phi) is 2.94. The molecule has 15 heavy (non-hydrogen) atoms. The van der Waals surface area contributed by atoms with Crippen LogP contribution in [0.15, 0.2) is 23.1 Å². The molecule has 0 aromatic heterocycles. The fourth-order valence-corrected chi connectivity index (χ4v) is 2.36. The van der Waals surface area contributed by atoms with Crippen LogP contribution in [0.5, 0.6) is 5.75 Å². The number of ether oxygens (including phenoxy) is 1. The molecule has 0 amide bonds. The second kappa shape index (κ2) is 4.06. The molecule has 1 aromatic carbocycles. The van der Waals surface area contributed by atoms with Crippen LogP contribution in [0, 0.1) is 0 Å². The first kappa shape index (κ1) is 10.8. The minimum absolute atomic E-state index is 0.0876. The van der Waals surface area contributed by atoms with Gasteiger partial charge >= 0.3 is 0 Å². The number of thioether (sulfide) groups is 1. The summed E-state index contributed by atoms with van der Waals surface area (Å²) in [6.45, 7) is 0. The van der Waals surface area contributed by atoms with Gasteiger partial charge in [0.2, 0.25) is 0 Å². The van der Waals surface area contributed by atoms with E-state index in [0.29, 0.717) is 0 Å². The van der Waals surface area contributed by atoms with E-state index in [4.69, 9.17) is 10.5 Å². The Morgan fingerprint density at radius 1 is 1.47 bits per heavy atom. The predicted octanol–water partition coefficient (Wildman–Crippen LogP) is 2.45. The third-order valence-corrected chi connectivity index (χ3v) is 3.66. The Morgan fingerprint density at radius 3 is 2.73 bits per heavy atom. The average Bonchev–Trinajstić information content (AvgIpc) is 2.96. The monoisotopic (exact) mass is 223 g/mol. The molecule has 0 aliphatic heterocycles. The minimum atomic E-state index is 0.0876. The van der Waals surface area contributed by atoms with Crippen molar-refractivity contribution in [1.29, 1.82) is 0 Å². The topological polar surface area (TPSA) is 35.2 Å². The summed E-state index contributed by atoms with van der Waals surface area (Å²) in [7, 11) is 1.71. The quantitative estimate of drug-likeness (QED) is 0.796. The Hall–Kier alpha value is -0.670. The summed E-state index contributed by atoms with van der Waals surface area (Å²) in [4.78, 5) is 1.19. The van der Waals surface area contributed by atoms with Gasteiger partial charge in [-0.15, -0.1) is 11.8 Å². The molecule has 3 heteroatoms. The number of hydrogen-bond acceptors (Lipinski definition) is 3. The maximum atomic E-state index is 6.10. The molecule has 0 radical (unpaired) electrons. The molecule has 82 valence electrons. The van der Waals surface area contributed by atoms with Crippen molar-refractivity contribution in [2.45, 2.75) is 29.7 Å². The Labute approximate surface area is 95.2 Å². The summed E-state index contributed by atoms with van der Waals surface area (Å²) in [5, 5.41) is 0. The van der Waals surface area contributed by atoms with Gasteiger partial charge in [0, 0.05) is 10.4 Å². The van der Waals surface area contributed by atoms with E-state index in [1.165, 1.54) is 10.5 Å². The molecule has 1 saturated carbocycles. The first-order chi connectivity index (χ1) is 7.17. The largest absolute Gasteiger partial charge is 0.496 e. The van der Waals surface area contributed by atoms with Gasteiger partial charge in [-0.2, -0.15) is 0 Å². The van der Waals surface area contributed by atoms with Gasteiger partial charge in [-0.25, -0.2) is 0 Å². The van der Waals surface area contributed by atoms with Crippen molar-refractivity contribution in [3.05, 3.63) is 23.8 Å². The molecular formula is C12H17NOS. The number of nitrogens with two attached hydrogens (primary N) is 1. The molecule has 0 heterocycles. The van der Waals surface area contributed by atoms with Gasteiger partial charge in [0.05, 0.1) is 7.11 Å². The summed E-state index contributed by atoms with van der Waals surface area (Å²) >= 11 is 1.71. The van der Waals surface area contributed by atoms with Gasteiger partial charge < -0.3 is 10.5 Å². The lowest BCUT2D eigenvalue weighted by Crippen LogP contribution is -2.24. The lowest BCUT2D eigenvalue weighted by atomic mass is 10.1. The van der Waals surface area contributed by atoms with Crippen molar-refractivity contribution < 1.29 is 4.74 Å². The van der Waals surface area contributed by atoms with E-state index in [1.807, 2.05) is 6.07 Å². The molecule has 0 atom stereocenters. The van der Waals surface area contributed by atoms with Crippen molar-refractivity contribution in [2.75, 3.05) is 13.4 Å². The standard InChI is InChI=1S/C12H17NOS/c1-14-10-4-3-9(7-11(10)15-2)8-12(13)5-6-12/h3-4,7H,5-6,8,13H2,1-2H3. The molecule has 2 N–H and O–H groups in total. The summed E-state index contributed by atoms with van der Waals surface area (Å²) in [5.74, 6) is 0.952. The van der Waals surface area contributed by atoms with Crippen molar-refractivity contribution in [2.24, 2.45) is 5.73 Å². The van der Waals surface area contributed by atoms with Crippen LogP contribution < -0.4 is 10.5 Å². The van der Waals surface area contributed by atoms with Crippen molar-refractivity contribution >= 4 is 11.8 Å². The van der Waals surface area contributed by atoms with Gasteiger partial charge in [-0.1, -0.05) is 6.07 Å². The summed E-state index contributed by atoms with van der Waals surface area (Å²) in [6, 6.07) is 6.34. The molecule has 2 nitrogen and oxygen atoms in total. The predicted molar refractivity (Wildman–Crippen MR) is 64.6 cm³/mol. The van der Waals surface area contributed by atoms with E-state index in [1.54, 1.807) is 18.9 Å². The first-order valence-electron chi connectivity index (χ1n) is 5.17. The lowest BCUT2D eigenvalue weighted by molar-refractivity contribution is 0.404. The van der Waals surface area contributed by atoms with E-state index in [0.717, 1.165) is 25.0 Å². The normalized spacial score (nSPS) is 17.5. The smallest absolute Gasteiger partial charge is 0.132 e. The van der Waals surface area contributed by atoms with Gasteiger partial charge in [-0.05, 0) is 43.2 Å². The molecule has 1 fully saturated rings. The lowest BCUT2D eigenvalue weighted by Gasteiger charge is -2.11. The van der Waals surface area contributed by atoms with Crippen LogP contribution in [0.25, 0.3) is 0 Å². The number of benzene rings is 1. The second-order valence-corrected chi connectivity index (χ2v) is 5.08. The highest BCUT2D eigenvalue weighted by Gasteiger charge is 2.37.